The normalized spacial score (nSPS) is 18.2. The lowest BCUT2D eigenvalue weighted by molar-refractivity contribution is -0.133. The molecule has 1 unspecified atom stereocenters. The lowest BCUT2D eigenvalue weighted by Gasteiger charge is -2.35. The molecule has 1 fully saturated rings. The van der Waals surface area contributed by atoms with Crippen LogP contribution in [0.5, 0.6) is 0 Å². The van der Waals surface area contributed by atoms with Gasteiger partial charge >= 0.3 is 0 Å². The Hall–Kier alpha value is -3.74. The van der Waals surface area contributed by atoms with E-state index in [4.69, 9.17) is 5.10 Å². The molecule has 2 aliphatic heterocycles. The molecule has 7 nitrogen and oxygen atoms in total. The van der Waals surface area contributed by atoms with Gasteiger partial charge in [-0.3, -0.25) is 9.80 Å². The van der Waals surface area contributed by atoms with E-state index in [0.29, 0.717) is 13.1 Å². The average molecular weight is 455 g/mol. The third-order valence-electron chi connectivity index (χ3n) is 6.78. The summed E-state index contributed by atoms with van der Waals surface area (Å²) in [6.07, 6.45) is 4.29. The summed E-state index contributed by atoms with van der Waals surface area (Å²) in [6, 6.07) is 18.7. The van der Waals surface area contributed by atoms with Gasteiger partial charge in [0.25, 0.3) is 0 Å². The van der Waals surface area contributed by atoms with Crippen molar-refractivity contribution in [1.29, 1.82) is 0 Å². The van der Waals surface area contributed by atoms with Gasteiger partial charge in [-0.25, -0.2) is 9.97 Å². The van der Waals surface area contributed by atoms with Crippen molar-refractivity contribution in [3.8, 4) is 0 Å². The maximum Gasteiger partial charge on any atom is 0.244 e. The molecule has 0 bridgehead atoms. The summed E-state index contributed by atoms with van der Waals surface area (Å²) in [5.41, 5.74) is 5.88. The van der Waals surface area contributed by atoms with E-state index in [0.717, 1.165) is 36.7 Å². The minimum absolute atomic E-state index is 0.0563. The van der Waals surface area contributed by atoms with Crippen LogP contribution in [0.3, 0.4) is 0 Å². The van der Waals surface area contributed by atoms with Gasteiger partial charge in [-0.15, -0.1) is 0 Å². The number of anilines is 1. The van der Waals surface area contributed by atoms with E-state index in [1.807, 2.05) is 34.2 Å². The largest absolute Gasteiger partial charge is 0.338 e. The number of hydrogen-bond acceptors (Lipinski definition) is 6. The zero-order valence-electron chi connectivity index (χ0n) is 19.8. The molecule has 34 heavy (non-hydrogen) atoms. The molecule has 174 valence electrons. The summed E-state index contributed by atoms with van der Waals surface area (Å²) in [7, 11) is 0. The van der Waals surface area contributed by atoms with Gasteiger partial charge < -0.3 is 9.80 Å². The fourth-order valence-corrected chi connectivity index (χ4v) is 4.61. The van der Waals surface area contributed by atoms with Gasteiger partial charge in [0.15, 0.2) is 0 Å². The van der Waals surface area contributed by atoms with Gasteiger partial charge in [0.05, 0.1) is 11.8 Å². The highest BCUT2D eigenvalue weighted by molar-refractivity contribution is 6.02. The molecule has 5 rings (SSSR count). The molecule has 0 spiro atoms. The van der Waals surface area contributed by atoms with Crippen LogP contribution in [0.2, 0.25) is 0 Å². The predicted octanol–water partition coefficient (Wildman–Crippen LogP) is 3.59. The molecule has 1 atom stereocenters. The summed E-state index contributed by atoms with van der Waals surface area (Å²) >= 11 is 0. The summed E-state index contributed by atoms with van der Waals surface area (Å²) < 4.78 is 0. The van der Waals surface area contributed by atoms with Crippen molar-refractivity contribution in [2.45, 2.75) is 26.3 Å². The van der Waals surface area contributed by atoms with Crippen LogP contribution in [-0.4, -0.2) is 64.2 Å². The highest BCUT2D eigenvalue weighted by Crippen LogP contribution is 2.33. The Morgan fingerprint density at radius 2 is 1.65 bits per heavy atom. The maximum atomic E-state index is 13.3. The molecule has 2 aliphatic rings. The van der Waals surface area contributed by atoms with Gasteiger partial charge in [-0.05, 0) is 48.2 Å². The van der Waals surface area contributed by atoms with Crippen molar-refractivity contribution in [3.63, 3.8) is 0 Å². The third-order valence-corrected chi connectivity index (χ3v) is 6.78. The van der Waals surface area contributed by atoms with Gasteiger partial charge in [-0.1, -0.05) is 42.5 Å². The Morgan fingerprint density at radius 1 is 0.912 bits per heavy atom. The summed E-state index contributed by atoms with van der Waals surface area (Å²) in [5.74, 6) is 0.834. The van der Waals surface area contributed by atoms with Crippen LogP contribution >= 0.6 is 0 Å². The standard InChI is InChI=1S/C27H30N6O/c1-20-9-10-23(17-21(20)2)24-18-25(22-7-4-3-5-8-22)33(30-24)19-26(34)31-13-15-32(16-14-31)27-28-11-6-12-29-27/h3-12,17,25H,13-16,18-19H2,1-2H3. The second-order valence-electron chi connectivity index (χ2n) is 8.99. The molecule has 1 amide bonds. The molecule has 2 aromatic carbocycles. The van der Waals surface area contributed by atoms with Crippen LogP contribution in [0.25, 0.3) is 0 Å². The number of amides is 1. The predicted molar refractivity (Wildman–Crippen MR) is 134 cm³/mol. The Bertz CT molecular complexity index is 1170. The maximum absolute atomic E-state index is 13.3. The molecule has 0 saturated carbocycles. The van der Waals surface area contributed by atoms with Crippen molar-refractivity contribution in [2.24, 2.45) is 5.10 Å². The molecular formula is C27H30N6O. The van der Waals surface area contributed by atoms with Gasteiger partial charge in [0.1, 0.15) is 6.54 Å². The van der Waals surface area contributed by atoms with Crippen LogP contribution in [0, 0.1) is 13.8 Å². The SMILES string of the molecule is Cc1ccc(C2=NN(CC(=O)N3CCN(c4ncccn4)CC3)C(c3ccccc3)C2)cc1C. The van der Waals surface area contributed by atoms with Crippen molar-refractivity contribution < 1.29 is 4.79 Å². The Balaban J connectivity index is 1.31. The van der Waals surface area contributed by atoms with E-state index in [2.05, 4.69) is 59.0 Å². The molecule has 3 aromatic rings. The lowest BCUT2D eigenvalue weighted by Crippen LogP contribution is -2.51. The minimum Gasteiger partial charge on any atom is -0.338 e. The van der Waals surface area contributed by atoms with Crippen molar-refractivity contribution >= 4 is 17.6 Å². The van der Waals surface area contributed by atoms with Crippen LogP contribution in [0.4, 0.5) is 5.95 Å². The quantitative estimate of drug-likeness (QED) is 0.590. The zero-order valence-corrected chi connectivity index (χ0v) is 19.8. The summed E-state index contributed by atoms with van der Waals surface area (Å²) in [6.45, 7) is 7.31. The number of rotatable bonds is 5. The second kappa shape index (κ2) is 9.63. The third kappa shape index (κ3) is 4.64. The van der Waals surface area contributed by atoms with Gasteiger partial charge in [0, 0.05) is 45.0 Å². The number of carbonyl (C=O) groups excluding carboxylic acids is 1. The molecule has 1 saturated heterocycles. The first-order valence-corrected chi connectivity index (χ1v) is 11.8. The van der Waals surface area contributed by atoms with E-state index < -0.39 is 0 Å². The lowest BCUT2D eigenvalue weighted by atomic mass is 9.96. The number of carbonyl (C=O) groups is 1. The van der Waals surface area contributed by atoms with Crippen molar-refractivity contribution in [2.75, 3.05) is 37.6 Å². The van der Waals surface area contributed by atoms with E-state index in [-0.39, 0.29) is 18.5 Å². The smallest absolute Gasteiger partial charge is 0.244 e. The highest BCUT2D eigenvalue weighted by atomic mass is 16.2. The fourth-order valence-electron chi connectivity index (χ4n) is 4.61. The van der Waals surface area contributed by atoms with E-state index >= 15 is 0 Å². The number of hydrazone groups is 1. The molecule has 0 radical (unpaired) electrons. The number of benzene rings is 2. The van der Waals surface area contributed by atoms with Crippen LogP contribution < -0.4 is 4.90 Å². The number of aromatic nitrogens is 2. The zero-order chi connectivity index (χ0) is 23.5. The van der Waals surface area contributed by atoms with E-state index in [1.165, 1.54) is 16.7 Å². The molecule has 1 aromatic heterocycles. The Kier molecular flexibility index (Phi) is 6.25. The van der Waals surface area contributed by atoms with Gasteiger partial charge in [0.2, 0.25) is 11.9 Å². The number of piperazine rings is 1. The number of nitrogens with zero attached hydrogens (tertiary/aromatic N) is 6. The number of aryl methyl sites for hydroxylation is 2. The van der Waals surface area contributed by atoms with Crippen molar-refractivity contribution in [1.82, 2.24) is 19.9 Å². The summed E-state index contributed by atoms with van der Waals surface area (Å²) in [4.78, 5) is 26.0. The average Bonchev–Trinajstić information content (AvgIpc) is 3.30. The van der Waals surface area contributed by atoms with E-state index in [1.54, 1.807) is 12.4 Å². The fraction of sp³-hybridized carbons (Fsp3) is 0.333. The topological polar surface area (TPSA) is 64.9 Å². The van der Waals surface area contributed by atoms with Crippen LogP contribution in [-0.2, 0) is 4.79 Å². The van der Waals surface area contributed by atoms with Crippen LogP contribution in [0.1, 0.15) is 34.7 Å². The number of hydrogen-bond donors (Lipinski definition) is 0. The highest BCUT2D eigenvalue weighted by Gasteiger charge is 2.32. The first kappa shape index (κ1) is 22.1. The summed E-state index contributed by atoms with van der Waals surface area (Å²) in [5, 5.41) is 6.94. The van der Waals surface area contributed by atoms with Crippen molar-refractivity contribution in [3.05, 3.63) is 89.2 Å². The first-order chi connectivity index (χ1) is 16.6. The first-order valence-electron chi connectivity index (χ1n) is 11.8. The molecular weight excluding hydrogens is 424 g/mol. The van der Waals surface area contributed by atoms with Gasteiger partial charge in [-0.2, -0.15) is 5.10 Å². The minimum atomic E-state index is 0.0563. The Morgan fingerprint density at radius 3 is 2.35 bits per heavy atom. The van der Waals surface area contributed by atoms with Crippen LogP contribution in [0.15, 0.2) is 72.1 Å². The van der Waals surface area contributed by atoms with E-state index in [9.17, 15) is 4.79 Å². The molecule has 3 heterocycles. The second-order valence-corrected chi connectivity index (χ2v) is 8.99. The molecule has 7 heteroatoms. The molecule has 0 N–H and O–H groups in total. The molecule has 0 aliphatic carbocycles. The monoisotopic (exact) mass is 454 g/mol. The Labute approximate surface area is 200 Å².